The molecule has 1 nitrogen and oxygen atoms in total. The van der Waals surface area contributed by atoms with Crippen LogP contribution in [0.1, 0.15) is 38.8 Å². The molecule has 3 heteroatoms. The average molecular weight is 274 g/mol. The van der Waals surface area contributed by atoms with Gasteiger partial charge < -0.3 is 5.73 Å². The number of hydrogen-bond donors (Lipinski definition) is 1. The van der Waals surface area contributed by atoms with Gasteiger partial charge in [-0.1, -0.05) is 26.8 Å². The molecule has 0 amide bonds. The van der Waals surface area contributed by atoms with Gasteiger partial charge in [0.25, 0.3) is 0 Å². The fraction of sp³-hybridized carbons (Fsp3) is 0.500. The molecule has 1 aromatic rings. The fourth-order valence-corrected chi connectivity index (χ4v) is 1.77. The second-order valence-corrected chi connectivity index (χ2v) is 5.35. The first-order valence-corrected chi connectivity index (χ1v) is 5.88. The Labute approximate surface area is 99.0 Å². The van der Waals surface area contributed by atoms with E-state index in [1.807, 2.05) is 0 Å². The van der Waals surface area contributed by atoms with Gasteiger partial charge in [-0.15, -0.1) is 0 Å². The van der Waals surface area contributed by atoms with E-state index < -0.39 is 0 Å². The molecule has 1 atom stereocenters. The molecule has 0 heterocycles. The van der Waals surface area contributed by atoms with Crippen LogP contribution in [0.3, 0.4) is 0 Å². The van der Waals surface area contributed by atoms with Crippen molar-refractivity contribution in [2.24, 2.45) is 11.1 Å². The maximum atomic E-state index is 13.1. The van der Waals surface area contributed by atoms with Crippen molar-refractivity contribution in [3.8, 4) is 0 Å². The summed E-state index contributed by atoms with van der Waals surface area (Å²) in [6, 6.07) is 4.89. The van der Waals surface area contributed by atoms with Crippen LogP contribution in [0.5, 0.6) is 0 Å². The lowest BCUT2D eigenvalue weighted by Gasteiger charge is -2.30. The fourth-order valence-electron chi connectivity index (χ4n) is 1.38. The monoisotopic (exact) mass is 273 g/mol. The number of benzene rings is 1. The molecular formula is C12H17BrFN. The molecule has 1 aromatic carbocycles. The summed E-state index contributed by atoms with van der Waals surface area (Å²) in [6.07, 6.45) is 0.989. The predicted molar refractivity (Wildman–Crippen MR) is 65.1 cm³/mol. The van der Waals surface area contributed by atoms with Crippen molar-refractivity contribution in [3.63, 3.8) is 0 Å². The van der Waals surface area contributed by atoms with Crippen LogP contribution in [0, 0.1) is 11.2 Å². The van der Waals surface area contributed by atoms with E-state index in [9.17, 15) is 4.39 Å². The van der Waals surface area contributed by atoms with Gasteiger partial charge in [-0.3, -0.25) is 0 Å². The zero-order valence-electron chi connectivity index (χ0n) is 9.35. The molecular weight excluding hydrogens is 257 g/mol. The first kappa shape index (κ1) is 12.7. The van der Waals surface area contributed by atoms with Gasteiger partial charge in [0.1, 0.15) is 5.82 Å². The summed E-state index contributed by atoms with van der Waals surface area (Å²) in [5.74, 6) is -0.250. The Kier molecular flexibility index (Phi) is 3.90. The van der Waals surface area contributed by atoms with Crippen LogP contribution < -0.4 is 5.73 Å². The topological polar surface area (TPSA) is 26.0 Å². The van der Waals surface area contributed by atoms with Crippen molar-refractivity contribution in [2.75, 3.05) is 0 Å². The van der Waals surface area contributed by atoms with Crippen molar-refractivity contribution in [1.29, 1.82) is 0 Å². The highest BCUT2D eigenvalue weighted by Crippen LogP contribution is 2.35. The van der Waals surface area contributed by atoms with Gasteiger partial charge in [-0.25, -0.2) is 4.39 Å². The molecule has 84 valence electrons. The number of rotatable bonds is 3. The lowest BCUT2D eigenvalue weighted by atomic mass is 9.79. The van der Waals surface area contributed by atoms with Gasteiger partial charge in [-0.05, 0) is 45.5 Å². The Morgan fingerprint density at radius 1 is 1.47 bits per heavy atom. The lowest BCUT2D eigenvalue weighted by molar-refractivity contribution is 0.278. The van der Waals surface area contributed by atoms with Gasteiger partial charge in [-0.2, -0.15) is 0 Å². The Morgan fingerprint density at radius 3 is 2.53 bits per heavy atom. The van der Waals surface area contributed by atoms with Gasteiger partial charge in [0.15, 0.2) is 0 Å². The van der Waals surface area contributed by atoms with Gasteiger partial charge in [0.05, 0.1) is 4.47 Å². The minimum atomic E-state index is -0.250. The van der Waals surface area contributed by atoms with E-state index in [4.69, 9.17) is 5.73 Å². The minimum absolute atomic E-state index is 0.0251. The molecule has 0 aliphatic rings. The molecule has 0 saturated carbocycles. The lowest BCUT2D eigenvalue weighted by Crippen LogP contribution is -2.28. The SMILES string of the molecule is CCC(C)(C)C(N)c1ccc(F)c(Br)c1. The Hall–Kier alpha value is -0.410. The molecule has 0 aliphatic carbocycles. The van der Waals surface area contributed by atoms with Gasteiger partial charge >= 0.3 is 0 Å². The smallest absolute Gasteiger partial charge is 0.137 e. The van der Waals surface area contributed by atoms with E-state index >= 15 is 0 Å². The van der Waals surface area contributed by atoms with Crippen molar-refractivity contribution in [1.82, 2.24) is 0 Å². The maximum Gasteiger partial charge on any atom is 0.137 e. The summed E-state index contributed by atoms with van der Waals surface area (Å²) < 4.78 is 13.5. The molecule has 1 rings (SSSR count). The Bertz CT molecular complexity index is 349. The normalized spacial score (nSPS) is 14.0. The van der Waals surface area contributed by atoms with Crippen LogP contribution in [0.25, 0.3) is 0 Å². The molecule has 0 fully saturated rings. The largest absolute Gasteiger partial charge is 0.324 e. The minimum Gasteiger partial charge on any atom is -0.324 e. The van der Waals surface area contributed by atoms with E-state index in [0.717, 1.165) is 12.0 Å². The van der Waals surface area contributed by atoms with Crippen molar-refractivity contribution < 1.29 is 4.39 Å². The molecule has 0 saturated heterocycles. The standard InChI is InChI=1S/C12H17BrFN/c1-4-12(2,3)11(15)8-5-6-10(14)9(13)7-8/h5-7,11H,4,15H2,1-3H3. The van der Waals surface area contributed by atoms with Crippen LogP contribution in [0.15, 0.2) is 22.7 Å². The highest BCUT2D eigenvalue weighted by Gasteiger charge is 2.25. The van der Waals surface area contributed by atoms with Crippen LogP contribution in [0.2, 0.25) is 0 Å². The van der Waals surface area contributed by atoms with Gasteiger partial charge in [0.2, 0.25) is 0 Å². The summed E-state index contributed by atoms with van der Waals surface area (Å²) in [6.45, 7) is 6.35. The quantitative estimate of drug-likeness (QED) is 0.885. The third-order valence-corrected chi connectivity index (χ3v) is 3.66. The molecule has 1 unspecified atom stereocenters. The van der Waals surface area contributed by atoms with E-state index in [1.54, 1.807) is 12.1 Å². The molecule has 0 spiro atoms. The predicted octanol–water partition coefficient (Wildman–Crippen LogP) is 4.02. The van der Waals surface area contributed by atoms with E-state index in [-0.39, 0.29) is 17.3 Å². The second kappa shape index (κ2) is 4.62. The molecule has 2 N–H and O–H groups in total. The Morgan fingerprint density at radius 2 is 2.07 bits per heavy atom. The van der Waals surface area contributed by atoms with Crippen molar-refractivity contribution >= 4 is 15.9 Å². The highest BCUT2D eigenvalue weighted by atomic mass is 79.9. The number of halogens is 2. The van der Waals surface area contributed by atoms with E-state index in [1.165, 1.54) is 6.07 Å². The van der Waals surface area contributed by atoms with E-state index in [2.05, 4.69) is 36.7 Å². The first-order chi connectivity index (χ1) is 6.88. The average Bonchev–Trinajstić information content (AvgIpc) is 2.21. The summed E-state index contributed by atoms with van der Waals surface area (Å²) in [7, 11) is 0. The summed E-state index contributed by atoms with van der Waals surface area (Å²) in [5.41, 5.74) is 7.15. The molecule has 15 heavy (non-hydrogen) atoms. The molecule has 0 aromatic heterocycles. The third kappa shape index (κ3) is 2.79. The number of nitrogens with two attached hydrogens (primary N) is 1. The summed E-state index contributed by atoms with van der Waals surface area (Å²) >= 11 is 3.17. The first-order valence-electron chi connectivity index (χ1n) is 5.09. The molecule has 0 bridgehead atoms. The maximum absolute atomic E-state index is 13.1. The second-order valence-electron chi connectivity index (χ2n) is 4.49. The van der Waals surface area contributed by atoms with Crippen molar-refractivity contribution in [3.05, 3.63) is 34.1 Å². The molecule has 0 radical (unpaired) electrons. The zero-order chi connectivity index (χ0) is 11.6. The van der Waals surface area contributed by atoms with Gasteiger partial charge in [0, 0.05) is 6.04 Å². The van der Waals surface area contributed by atoms with Crippen LogP contribution >= 0.6 is 15.9 Å². The Balaban J connectivity index is 3.02. The van der Waals surface area contributed by atoms with Crippen molar-refractivity contribution in [2.45, 2.75) is 33.2 Å². The summed E-state index contributed by atoms with van der Waals surface area (Å²) in [5, 5.41) is 0. The van der Waals surface area contributed by atoms with Crippen LogP contribution in [-0.4, -0.2) is 0 Å². The highest BCUT2D eigenvalue weighted by molar-refractivity contribution is 9.10. The van der Waals surface area contributed by atoms with Crippen LogP contribution in [-0.2, 0) is 0 Å². The zero-order valence-corrected chi connectivity index (χ0v) is 10.9. The number of hydrogen-bond acceptors (Lipinski definition) is 1. The molecule has 0 aliphatic heterocycles. The summed E-state index contributed by atoms with van der Waals surface area (Å²) in [4.78, 5) is 0. The van der Waals surface area contributed by atoms with Crippen LogP contribution in [0.4, 0.5) is 4.39 Å². The van der Waals surface area contributed by atoms with E-state index in [0.29, 0.717) is 4.47 Å². The third-order valence-electron chi connectivity index (χ3n) is 3.06.